The summed E-state index contributed by atoms with van der Waals surface area (Å²) in [6, 6.07) is 0. The molecule has 0 aliphatic carbocycles. The Morgan fingerprint density at radius 3 is 3.09 bits per heavy atom. The first-order valence-electron chi connectivity index (χ1n) is 4.26. The average molecular weight is 159 g/mol. The summed E-state index contributed by atoms with van der Waals surface area (Å²) in [6.07, 6.45) is 1.49. The van der Waals surface area contributed by atoms with Gasteiger partial charge in [-0.15, -0.1) is 0 Å². The molecule has 2 atom stereocenters. The molecule has 2 N–H and O–H groups in total. The van der Waals surface area contributed by atoms with Crippen molar-refractivity contribution in [3.8, 4) is 0 Å². The molecule has 1 aliphatic heterocycles. The number of hydrogen-bond acceptors (Lipinski definition) is 3. The van der Waals surface area contributed by atoms with Crippen LogP contribution in [0.15, 0.2) is 0 Å². The Hall–Kier alpha value is -0.120. The van der Waals surface area contributed by atoms with Crippen LogP contribution < -0.4 is 5.32 Å². The Kier molecular flexibility index (Phi) is 3.83. The molecule has 0 aromatic carbocycles. The molecule has 1 saturated heterocycles. The molecule has 1 fully saturated rings. The van der Waals surface area contributed by atoms with Crippen LogP contribution in [0.4, 0.5) is 0 Å². The van der Waals surface area contributed by atoms with Gasteiger partial charge < -0.3 is 15.2 Å². The van der Waals surface area contributed by atoms with Crippen molar-refractivity contribution in [3.05, 3.63) is 0 Å². The van der Waals surface area contributed by atoms with E-state index in [2.05, 4.69) is 5.32 Å². The summed E-state index contributed by atoms with van der Waals surface area (Å²) < 4.78 is 5.53. The van der Waals surface area contributed by atoms with Crippen LogP contribution in [-0.2, 0) is 4.74 Å². The van der Waals surface area contributed by atoms with Crippen molar-refractivity contribution in [3.63, 3.8) is 0 Å². The average Bonchev–Trinajstić information content (AvgIpc) is 2.52. The Balaban J connectivity index is 2.01. The van der Waals surface area contributed by atoms with Gasteiger partial charge in [0.25, 0.3) is 0 Å². The number of aliphatic hydroxyl groups is 1. The van der Waals surface area contributed by atoms with Crippen molar-refractivity contribution in [1.82, 2.24) is 5.32 Å². The van der Waals surface area contributed by atoms with Gasteiger partial charge in [0, 0.05) is 19.1 Å². The first kappa shape index (κ1) is 8.97. The highest BCUT2D eigenvalue weighted by Crippen LogP contribution is 2.05. The van der Waals surface area contributed by atoms with Gasteiger partial charge in [-0.25, -0.2) is 0 Å². The second kappa shape index (κ2) is 4.70. The smallest absolute Gasteiger partial charge is 0.0711 e. The molecule has 0 spiro atoms. The number of nitrogens with one attached hydrogen (secondary N) is 1. The zero-order valence-electron chi connectivity index (χ0n) is 7.05. The van der Waals surface area contributed by atoms with Crippen molar-refractivity contribution in [2.24, 2.45) is 5.92 Å². The monoisotopic (exact) mass is 159 g/mol. The van der Waals surface area contributed by atoms with Crippen molar-refractivity contribution in [1.29, 1.82) is 0 Å². The zero-order chi connectivity index (χ0) is 8.10. The summed E-state index contributed by atoms with van der Waals surface area (Å²) in [5.41, 5.74) is 0. The van der Waals surface area contributed by atoms with Crippen LogP contribution in [0.1, 0.15) is 13.3 Å². The third kappa shape index (κ3) is 3.18. The first-order valence-corrected chi connectivity index (χ1v) is 4.26. The van der Waals surface area contributed by atoms with Gasteiger partial charge in [0.2, 0.25) is 0 Å². The van der Waals surface area contributed by atoms with Gasteiger partial charge in [0.1, 0.15) is 0 Å². The van der Waals surface area contributed by atoms with Crippen LogP contribution in [0, 0.1) is 5.92 Å². The quantitative estimate of drug-likeness (QED) is 0.606. The fourth-order valence-corrected chi connectivity index (χ4v) is 1.12. The zero-order valence-corrected chi connectivity index (χ0v) is 7.05. The summed E-state index contributed by atoms with van der Waals surface area (Å²) in [5, 5.41) is 11.9. The maximum Gasteiger partial charge on any atom is 0.0711 e. The predicted molar refractivity (Wildman–Crippen MR) is 43.5 cm³/mol. The number of hydrogen-bond donors (Lipinski definition) is 2. The third-order valence-corrected chi connectivity index (χ3v) is 1.94. The lowest BCUT2D eigenvalue weighted by molar-refractivity contribution is 0.0306. The second-order valence-corrected chi connectivity index (χ2v) is 3.24. The third-order valence-electron chi connectivity index (χ3n) is 1.94. The molecule has 0 aromatic rings. The summed E-state index contributed by atoms with van der Waals surface area (Å²) in [4.78, 5) is 0. The maximum atomic E-state index is 8.71. The molecule has 3 nitrogen and oxygen atoms in total. The van der Waals surface area contributed by atoms with E-state index in [9.17, 15) is 0 Å². The van der Waals surface area contributed by atoms with Crippen LogP contribution in [-0.4, -0.2) is 37.5 Å². The van der Waals surface area contributed by atoms with Gasteiger partial charge >= 0.3 is 0 Å². The Morgan fingerprint density at radius 2 is 2.55 bits per heavy atom. The van der Waals surface area contributed by atoms with E-state index in [4.69, 9.17) is 9.84 Å². The Bertz CT molecular complexity index is 102. The SMILES string of the molecule is CC(CO)COC1CCNC1. The van der Waals surface area contributed by atoms with E-state index in [0.717, 1.165) is 19.5 Å². The van der Waals surface area contributed by atoms with Gasteiger partial charge in [-0.3, -0.25) is 0 Å². The molecule has 1 heterocycles. The van der Waals surface area contributed by atoms with E-state index in [1.54, 1.807) is 0 Å². The summed E-state index contributed by atoms with van der Waals surface area (Å²) in [6.45, 7) is 4.93. The van der Waals surface area contributed by atoms with Gasteiger partial charge in [0.15, 0.2) is 0 Å². The molecule has 0 bridgehead atoms. The molecular formula is C8H17NO2. The summed E-state index contributed by atoms with van der Waals surface area (Å²) in [7, 11) is 0. The molecule has 2 unspecified atom stereocenters. The lowest BCUT2D eigenvalue weighted by Crippen LogP contribution is -2.20. The van der Waals surface area contributed by atoms with Crippen LogP contribution in [0.2, 0.25) is 0 Å². The predicted octanol–water partition coefficient (Wildman–Crippen LogP) is -0.00670. The van der Waals surface area contributed by atoms with E-state index in [1.807, 2.05) is 6.92 Å². The van der Waals surface area contributed by atoms with Crippen molar-refractivity contribution in [2.45, 2.75) is 19.4 Å². The normalized spacial score (nSPS) is 27.3. The van der Waals surface area contributed by atoms with Crippen LogP contribution in [0.3, 0.4) is 0 Å². The second-order valence-electron chi connectivity index (χ2n) is 3.24. The molecule has 1 rings (SSSR count). The topological polar surface area (TPSA) is 41.5 Å². The minimum absolute atomic E-state index is 0.222. The molecule has 3 heteroatoms. The largest absolute Gasteiger partial charge is 0.396 e. The standard InChI is InChI=1S/C8H17NO2/c1-7(5-10)6-11-8-2-3-9-4-8/h7-10H,2-6H2,1H3. The van der Waals surface area contributed by atoms with Crippen molar-refractivity contribution >= 4 is 0 Å². The highest BCUT2D eigenvalue weighted by Gasteiger charge is 2.15. The van der Waals surface area contributed by atoms with Gasteiger partial charge in [-0.2, -0.15) is 0 Å². The first-order chi connectivity index (χ1) is 5.33. The molecule has 66 valence electrons. The Labute approximate surface area is 67.7 Å². The van der Waals surface area contributed by atoms with Gasteiger partial charge in [0.05, 0.1) is 12.7 Å². The molecule has 11 heavy (non-hydrogen) atoms. The summed E-state index contributed by atoms with van der Waals surface area (Å²) in [5.74, 6) is 0.274. The fourth-order valence-electron chi connectivity index (χ4n) is 1.12. The number of rotatable bonds is 4. The van der Waals surface area contributed by atoms with E-state index < -0.39 is 0 Å². The fraction of sp³-hybridized carbons (Fsp3) is 1.00. The van der Waals surface area contributed by atoms with Gasteiger partial charge in [-0.05, 0) is 13.0 Å². The molecule has 1 aliphatic rings. The van der Waals surface area contributed by atoms with Crippen molar-refractivity contribution < 1.29 is 9.84 Å². The molecule has 0 radical (unpaired) electrons. The minimum atomic E-state index is 0.222. The molecule has 0 saturated carbocycles. The van der Waals surface area contributed by atoms with Crippen molar-refractivity contribution in [2.75, 3.05) is 26.3 Å². The molecular weight excluding hydrogens is 142 g/mol. The number of ether oxygens (including phenoxy) is 1. The van der Waals surface area contributed by atoms with Gasteiger partial charge in [-0.1, -0.05) is 6.92 Å². The molecule has 0 amide bonds. The minimum Gasteiger partial charge on any atom is -0.396 e. The van der Waals surface area contributed by atoms with E-state index in [1.165, 1.54) is 0 Å². The van der Waals surface area contributed by atoms with E-state index >= 15 is 0 Å². The molecule has 0 aromatic heterocycles. The lowest BCUT2D eigenvalue weighted by Gasteiger charge is -2.13. The number of aliphatic hydroxyl groups excluding tert-OH is 1. The van der Waals surface area contributed by atoms with Crippen LogP contribution in [0.5, 0.6) is 0 Å². The van der Waals surface area contributed by atoms with Crippen LogP contribution in [0.25, 0.3) is 0 Å². The summed E-state index contributed by atoms with van der Waals surface area (Å²) >= 11 is 0. The highest BCUT2D eigenvalue weighted by molar-refractivity contribution is 4.71. The van der Waals surface area contributed by atoms with Crippen LogP contribution >= 0.6 is 0 Å². The highest BCUT2D eigenvalue weighted by atomic mass is 16.5. The van der Waals surface area contributed by atoms with E-state index in [-0.39, 0.29) is 12.5 Å². The van der Waals surface area contributed by atoms with E-state index in [0.29, 0.717) is 12.7 Å². The maximum absolute atomic E-state index is 8.71. The Morgan fingerprint density at radius 1 is 1.73 bits per heavy atom. The lowest BCUT2D eigenvalue weighted by atomic mass is 10.2.